The third-order valence-corrected chi connectivity index (χ3v) is 6.36. The summed E-state index contributed by atoms with van der Waals surface area (Å²) in [4.78, 5) is 4.20. The molecule has 2 heterocycles. The molecule has 0 radical (unpaired) electrons. The van der Waals surface area contributed by atoms with Gasteiger partial charge in [0.05, 0.1) is 31.9 Å². The summed E-state index contributed by atoms with van der Waals surface area (Å²) in [7, 11) is 0.601. The summed E-state index contributed by atoms with van der Waals surface area (Å²) in [6, 6.07) is 13.5. The van der Waals surface area contributed by atoms with Gasteiger partial charge in [0, 0.05) is 24.0 Å². The van der Waals surface area contributed by atoms with E-state index >= 15 is 0 Å². The molecular weight excluding hydrogens is 406 g/mol. The van der Waals surface area contributed by atoms with Crippen LogP contribution in [0.5, 0.6) is 17.2 Å². The monoisotopic (exact) mass is 425 g/mol. The number of hydrogen-bond donors (Lipinski definition) is 0. The van der Waals surface area contributed by atoms with Crippen LogP contribution in [0, 0.1) is 0 Å². The number of sulfone groups is 1. The summed E-state index contributed by atoms with van der Waals surface area (Å²) in [5, 5.41) is 4.40. The van der Waals surface area contributed by atoms with E-state index in [-0.39, 0.29) is 9.92 Å². The maximum absolute atomic E-state index is 13.3. The molecule has 0 saturated heterocycles. The number of methoxy groups -OCH3 is 3. The van der Waals surface area contributed by atoms with E-state index < -0.39 is 9.84 Å². The molecular formula is C21H19N3O5S. The predicted octanol–water partition coefficient (Wildman–Crippen LogP) is 3.25. The number of aromatic nitrogens is 3. The highest BCUT2D eigenvalue weighted by molar-refractivity contribution is 7.91. The first-order valence-corrected chi connectivity index (χ1v) is 10.4. The molecule has 0 unspecified atom stereocenters. The first-order valence-electron chi connectivity index (χ1n) is 8.94. The van der Waals surface area contributed by atoms with Crippen molar-refractivity contribution in [3.63, 3.8) is 0 Å². The average Bonchev–Trinajstić information content (AvgIpc) is 3.22. The van der Waals surface area contributed by atoms with Crippen LogP contribution in [0.1, 0.15) is 0 Å². The zero-order valence-electron chi connectivity index (χ0n) is 16.6. The third kappa shape index (κ3) is 3.33. The summed E-state index contributed by atoms with van der Waals surface area (Å²) in [6.07, 6.45) is 3.02. The van der Waals surface area contributed by atoms with Gasteiger partial charge in [0.2, 0.25) is 9.84 Å². The maximum Gasteiger partial charge on any atom is 0.226 e. The van der Waals surface area contributed by atoms with E-state index in [1.807, 2.05) is 24.3 Å². The highest BCUT2D eigenvalue weighted by atomic mass is 32.2. The van der Waals surface area contributed by atoms with Gasteiger partial charge in [-0.15, -0.1) is 0 Å². The SMILES string of the molecule is COc1ccc(-c2cc3c(S(=O)(=O)c4ccc(OC)c(OC)c4)nccn3n2)cc1. The first-order chi connectivity index (χ1) is 14.5. The molecule has 0 atom stereocenters. The minimum atomic E-state index is -3.93. The molecule has 0 aliphatic carbocycles. The van der Waals surface area contributed by atoms with Crippen LogP contribution in [0.25, 0.3) is 16.8 Å². The number of rotatable bonds is 6. The second-order valence-electron chi connectivity index (χ2n) is 6.34. The molecule has 0 fully saturated rings. The summed E-state index contributed by atoms with van der Waals surface area (Å²) in [5.41, 5.74) is 1.82. The summed E-state index contributed by atoms with van der Waals surface area (Å²) < 4.78 is 43.8. The van der Waals surface area contributed by atoms with Crippen molar-refractivity contribution in [2.45, 2.75) is 9.92 Å². The predicted molar refractivity (Wildman–Crippen MR) is 110 cm³/mol. The first kappa shape index (κ1) is 19.7. The molecule has 0 spiro atoms. The summed E-state index contributed by atoms with van der Waals surface area (Å²) in [5.74, 6) is 1.48. The Kier molecular flexibility index (Phi) is 5.04. The van der Waals surface area contributed by atoms with Crippen LogP contribution in [0.15, 0.2) is 70.8 Å². The minimum absolute atomic E-state index is 0.0490. The Labute approximate surface area is 173 Å². The van der Waals surface area contributed by atoms with E-state index in [2.05, 4.69) is 10.1 Å². The van der Waals surface area contributed by atoms with Gasteiger partial charge in [-0.2, -0.15) is 5.10 Å². The quantitative estimate of drug-likeness (QED) is 0.468. The second-order valence-corrected chi connectivity index (χ2v) is 8.21. The fraction of sp³-hybridized carbons (Fsp3) is 0.143. The molecule has 0 aliphatic heterocycles. The van der Waals surface area contributed by atoms with Crippen molar-refractivity contribution in [1.29, 1.82) is 0 Å². The number of nitrogens with zero attached hydrogens (tertiary/aromatic N) is 3. The Morgan fingerprint density at radius 3 is 2.27 bits per heavy atom. The van der Waals surface area contributed by atoms with Gasteiger partial charge in [0.15, 0.2) is 16.5 Å². The summed E-state index contributed by atoms with van der Waals surface area (Å²) in [6.45, 7) is 0. The second kappa shape index (κ2) is 7.68. The van der Waals surface area contributed by atoms with E-state index in [4.69, 9.17) is 14.2 Å². The molecule has 0 aliphatic rings. The molecule has 0 bridgehead atoms. The normalized spacial score (nSPS) is 11.4. The average molecular weight is 425 g/mol. The largest absolute Gasteiger partial charge is 0.497 e. The molecule has 154 valence electrons. The van der Waals surface area contributed by atoms with E-state index in [0.29, 0.717) is 22.7 Å². The van der Waals surface area contributed by atoms with Crippen molar-refractivity contribution < 1.29 is 22.6 Å². The van der Waals surface area contributed by atoms with Crippen LogP contribution in [0.4, 0.5) is 0 Å². The third-order valence-electron chi connectivity index (χ3n) is 4.66. The van der Waals surface area contributed by atoms with Crippen LogP contribution in [0.3, 0.4) is 0 Å². The molecule has 2 aromatic carbocycles. The Bertz CT molecular complexity index is 1310. The lowest BCUT2D eigenvalue weighted by Gasteiger charge is -2.10. The smallest absolute Gasteiger partial charge is 0.226 e. The topological polar surface area (TPSA) is 92.0 Å². The Hall–Kier alpha value is -3.59. The highest BCUT2D eigenvalue weighted by Crippen LogP contribution is 2.33. The van der Waals surface area contributed by atoms with Gasteiger partial charge in [-0.05, 0) is 42.5 Å². The van der Waals surface area contributed by atoms with Crippen LogP contribution < -0.4 is 14.2 Å². The molecule has 30 heavy (non-hydrogen) atoms. The van der Waals surface area contributed by atoms with Gasteiger partial charge in [-0.1, -0.05) is 0 Å². The van der Waals surface area contributed by atoms with Crippen molar-refractivity contribution in [3.8, 4) is 28.5 Å². The maximum atomic E-state index is 13.3. The molecule has 9 heteroatoms. The lowest BCUT2D eigenvalue weighted by molar-refractivity contribution is 0.354. The van der Waals surface area contributed by atoms with Gasteiger partial charge >= 0.3 is 0 Å². The number of ether oxygens (including phenoxy) is 3. The molecule has 0 amide bonds. The zero-order chi connectivity index (χ0) is 21.3. The van der Waals surface area contributed by atoms with E-state index in [1.54, 1.807) is 25.4 Å². The van der Waals surface area contributed by atoms with Gasteiger partial charge < -0.3 is 14.2 Å². The highest BCUT2D eigenvalue weighted by Gasteiger charge is 2.25. The lowest BCUT2D eigenvalue weighted by Crippen LogP contribution is -2.07. The zero-order valence-corrected chi connectivity index (χ0v) is 17.4. The lowest BCUT2D eigenvalue weighted by atomic mass is 10.1. The van der Waals surface area contributed by atoms with Crippen LogP contribution in [-0.2, 0) is 9.84 Å². The molecule has 4 rings (SSSR count). The molecule has 0 N–H and O–H groups in total. The van der Waals surface area contributed by atoms with Crippen LogP contribution in [0.2, 0.25) is 0 Å². The van der Waals surface area contributed by atoms with Gasteiger partial charge in [-0.3, -0.25) is 0 Å². The van der Waals surface area contributed by atoms with Crippen LogP contribution >= 0.6 is 0 Å². The van der Waals surface area contributed by atoms with Crippen LogP contribution in [-0.4, -0.2) is 44.3 Å². The number of benzene rings is 2. The Morgan fingerprint density at radius 1 is 0.867 bits per heavy atom. The van der Waals surface area contributed by atoms with Crippen molar-refractivity contribution in [2.24, 2.45) is 0 Å². The van der Waals surface area contributed by atoms with Gasteiger partial charge in [-0.25, -0.2) is 17.9 Å². The van der Waals surface area contributed by atoms with Gasteiger partial charge in [0.25, 0.3) is 0 Å². The van der Waals surface area contributed by atoms with Gasteiger partial charge in [0.1, 0.15) is 11.3 Å². The van der Waals surface area contributed by atoms with Crippen molar-refractivity contribution in [1.82, 2.24) is 14.6 Å². The van der Waals surface area contributed by atoms with E-state index in [9.17, 15) is 8.42 Å². The van der Waals surface area contributed by atoms with E-state index in [0.717, 1.165) is 11.3 Å². The standard InChI is InChI=1S/C21H19N3O5S/c1-27-15-6-4-14(5-7-15)17-13-18-21(22-10-11-24(18)23-17)30(25,26)16-8-9-19(28-2)20(12-16)29-3/h4-13H,1-3H3. The summed E-state index contributed by atoms with van der Waals surface area (Å²) >= 11 is 0. The fourth-order valence-electron chi connectivity index (χ4n) is 3.10. The van der Waals surface area contributed by atoms with E-state index in [1.165, 1.54) is 37.1 Å². The van der Waals surface area contributed by atoms with Crippen molar-refractivity contribution in [2.75, 3.05) is 21.3 Å². The Morgan fingerprint density at radius 2 is 1.60 bits per heavy atom. The van der Waals surface area contributed by atoms with Crippen molar-refractivity contribution >= 4 is 15.4 Å². The number of hydrogen-bond acceptors (Lipinski definition) is 7. The molecule has 0 saturated carbocycles. The minimum Gasteiger partial charge on any atom is -0.497 e. The molecule has 4 aromatic rings. The number of fused-ring (bicyclic) bond motifs is 1. The molecule has 8 nitrogen and oxygen atoms in total. The fourth-order valence-corrected chi connectivity index (χ4v) is 4.46. The molecule has 2 aromatic heterocycles. The van der Waals surface area contributed by atoms with Crippen molar-refractivity contribution in [3.05, 3.63) is 60.9 Å². The Balaban J connectivity index is 1.83.